The molecule has 1 saturated carbocycles. The number of nitrogens with one attached hydrogen (secondary N) is 1. The van der Waals surface area contributed by atoms with Crippen molar-refractivity contribution < 1.29 is 4.79 Å². The zero-order valence-corrected chi connectivity index (χ0v) is 17.2. The Bertz CT molecular complexity index is 1070. The third-order valence-corrected chi connectivity index (χ3v) is 6.36. The van der Waals surface area contributed by atoms with Crippen LogP contribution >= 0.6 is 11.8 Å². The minimum Gasteiger partial charge on any atom is -0.352 e. The number of carbonyl (C=O) groups excluding carboxylic acids is 1. The summed E-state index contributed by atoms with van der Waals surface area (Å²) in [5.74, 6) is 0.688. The quantitative estimate of drug-likeness (QED) is 0.516. The highest BCUT2D eigenvalue weighted by Crippen LogP contribution is 2.24. The van der Waals surface area contributed by atoms with Crippen LogP contribution in [0.15, 0.2) is 58.6 Å². The van der Waals surface area contributed by atoms with Crippen LogP contribution in [0.1, 0.15) is 32.6 Å². The number of benzene rings is 1. The fraction of sp³-hybridized carbons (Fsp3) is 0.364. The third kappa shape index (κ3) is 4.34. The van der Waals surface area contributed by atoms with Gasteiger partial charge in [0.2, 0.25) is 5.91 Å². The summed E-state index contributed by atoms with van der Waals surface area (Å²) in [7, 11) is 0. The first kappa shape index (κ1) is 19.6. The number of fused-ring (bicyclic) bond motifs is 1. The number of hydrogen-bond acceptors (Lipinski definition) is 5. The van der Waals surface area contributed by atoms with Gasteiger partial charge in [-0.2, -0.15) is 0 Å². The Balaban J connectivity index is 1.61. The molecular formula is C22H24N4O2S. The van der Waals surface area contributed by atoms with Crippen LogP contribution in [-0.2, 0) is 4.79 Å². The second kappa shape index (κ2) is 8.78. The minimum atomic E-state index is -0.182. The van der Waals surface area contributed by atoms with E-state index in [1.807, 2.05) is 30.3 Å². The molecule has 7 heteroatoms. The summed E-state index contributed by atoms with van der Waals surface area (Å²) < 4.78 is 1.56. The first-order valence-electron chi connectivity index (χ1n) is 9.99. The molecule has 0 bridgehead atoms. The second-order valence-corrected chi connectivity index (χ2v) is 8.41. The van der Waals surface area contributed by atoms with Crippen molar-refractivity contribution in [2.24, 2.45) is 5.92 Å². The maximum Gasteiger partial charge on any atom is 0.268 e. The molecule has 3 aromatic rings. The summed E-state index contributed by atoms with van der Waals surface area (Å²) in [6.07, 6.45) is 6.20. The molecule has 0 radical (unpaired) electrons. The smallest absolute Gasteiger partial charge is 0.268 e. The van der Waals surface area contributed by atoms with Gasteiger partial charge in [0, 0.05) is 12.2 Å². The molecule has 2 atom stereocenters. The molecule has 2 heterocycles. The first-order chi connectivity index (χ1) is 14.1. The Morgan fingerprint density at radius 2 is 1.97 bits per heavy atom. The van der Waals surface area contributed by atoms with Gasteiger partial charge in [0.05, 0.1) is 16.8 Å². The first-order valence-corrected chi connectivity index (χ1v) is 11.0. The van der Waals surface area contributed by atoms with Crippen molar-refractivity contribution in [3.63, 3.8) is 0 Å². The molecule has 2 aromatic heterocycles. The number of carbonyl (C=O) groups is 1. The minimum absolute atomic E-state index is 0.0243. The van der Waals surface area contributed by atoms with Crippen molar-refractivity contribution in [2.45, 2.75) is 43.8 Å². The fourth-order valence-electron chi connectivity index (χ4n) is 3.81. The number of pyridine rings is 1. The Morgan fingerprint density at radius 3 is 2.76 bits per heavy atom. The van der Waals surface area contributed by atoms with E-state index in [0.717, 1.165) is 24.9 Å². The van der Waals surface area contributed by atoms with Gasteiger partial charge < -0.3 is 5.32 Å². The predicted molar refractivity (Wildman–Crippen MR) is 115 cm³/mol. The van der Waals surface area contributed by atoms with Gasteiger partial charge in [-0.15, -0.1) is 0 Å². The van der Waals surface area contributed by atoms with Crippen LogP contribution in [0, 0.1) is 5.92 Å². The zero-order valence-electron chi connectivity index (χ0n) is 16.4. The van der Waals surface area contributed by atoms with E-state index in [9.17, 15) is 9.59 Å². The number of thioether (sulfide) groups is 1. The lowest BCUT2D eigenvalue weighted by atomic mass is 9.86. The highest BCUT2D eigenvalue weighted by Gasteiger charge is 2.23. The van der Waals surface area contributed by atoms with Crippen molar-refractivity contribution in [1.29, 1.82) is 0 Å². The SMILES string of the molecule is C[C@@H]1CCCC[C@H]1NC(=O)CSc1nc2ncccc2c(=O)n1-c1ccccc1. The number of aromatic nitrogens is 3. The van der Waals surface area contributed by atoms with Crippen LogP contribution in [-0.4, -0.2) is 32.2 Å². The average molecular weight is 409 g/mol. The Hall–Kier alpha value is -2.67. The lowest BCUT2D eigenvalue weighted by molar-refractivity contribution is -0.119. The lowest BCUT2D eigenvalue weighted by Crippen LogP contribution is -2.41. The van der Waals surface area contributed by atoms with Crippen molar-refractivity contribution in [2.75, 3.05) is 5.75 Å². The van der Waals surface area contributed by atoms with E-state index in [-0.39, 0.29) is 23.3 Å². The molecule has 0 spiro atoms. The molecule has 6 nitrogen and oxygen atoms in total. The van der Waals surface area contributed by atoms with Gasteiger partial charge in [0.1, 0.15) is 0 Å². The van der Waals surface area contributed by atoms with Gasteiger partial charge in [-0.3, -0.25) is 14.2 Å². The molecular weight excluding hydrogens is 384 g/mol. The van der Waals surface area contributed by atoms with Gasteiger partial charge in [0.15, 0.2) is 10.8 Å². The molecule has 1 aromatic carbocycles. The monoisotopic (exact) mass is 408 g/mol. The standard InChI is InChI=1S/C22H24N4O2S/c1-15-8-5-6-12-18(15)24-19(27)14-29-22-25-20-17(11-7-13-23-20)21(28)26(22)16-9-3-2-4-10-16/h2-4,7,9-11,13,15,18H,5-6,8,12,14H2,1H3,(H,24,27)/t15-,18-/m1/s1. The predicted octanol–water partition coefficient (Wildman–Crippen LogP) is 3.57. The van der Waals surface area contributed by atoms with E-state index in [0.29, 0.717) is 22.1 Å². The van der Waals surface area contributed by atoms with Crippen molar-refractivity contribution in [1.82, 2.24) is 19.9 Å². The third-order valence-electron chi connectivity index (χ3n) is 5.42. The van der Waals surface area contributed by atoms with Gasteiger partial charge in [-0.25, -0.2) is 9.97 Å². The van der Waals surface area contributed by atoms with E-state index in [4.69, 9.17) is 0 Å². The highest BCUT2D eigenvalue weighted by molar-refractivity contribution is 7.99. The number of para-hydroxylation sites is 1. The molecule has 1 N–H and O–H groups in total. The second-order valence-electron chi connectivity index (χ2n) is 7.47. The van der Waals surface area contributed by atoms with E-state index in [1.54, 1.807) is 22.9 Å². The fourth-order valence-corrected chi connectivity index (χ4v) is 4.62. The summed E-state index contributed by atoms with van der Waals surface area (Å²) in [4.78, 5) is 34.5. The molecule has 1 fully saturated rings. The van der Waals surface area contributed by atoms with Crippen molar-refractivity contribution in [3.8, 4) is 5.69 Å². The number of hydrogen-bond donors (Lipinski definition) is 1. The van der Waals surface area contributed by atoms with Gasteiger partial charge >= 0.3 is 0 Å². The number of nitrogens with zero attached hydrogens (tertiary/aromatic N) is 3. The van der Waals surface area contributed by atoms with E-state index >= 15 is 0 Å². The lowest BCUT2D eigenvalue weighted by Gasteiger charge is -2.29. The van der Waals surface area contributed by atoms with Crippen LogP contribution in [0.5, 0.6) is 0 Å². The summed E-state index contributed by atoms with van der Waals surface area (Å²) in [5.41, 5.74) is 0.936. The Kier molecular flexibility index (Phi) is 5.94. The Morgan fingerprint density at radius 1 is 1.17 bits per heavy atom. The summed E-state index contributed by atoms with van der Waals surface area (Å²) in [6, 6.07) is 13.1. The maximum atomic E-state index is 13.1. The maximum absolute atomic E-state index is 13.1. The molecule has 29 heavy (non-hydrogen) atoms. The number of amides is 1. The van der Waals surface area contributed by atoms with Crippen LogP contribution in [0.2, 0.25) is 0 Å². The molecule has 0 aliphatic heterocycles. The molecule has 1 amide bonds. The van der Waals surface area contributed by atoms with Gasteiger partial charge in [0.25, 0.3) is 5.56 Å². The molecule has 150 valence electrons. The molecule has 0 saturated heterocycles. The van der Waals surface area contributed by atoms with Crippen molar-refractivity contribution in [3.05, 3.63) is 59.0 Å². The molecule has 4 rings (SSSR count). The van der Waals surface area contributed by atoms with Gasteiger partial charge in [-0.1, -0.05) is 49.7 Å². The highest BCUT2D eigenvalue weighted by atomic mass is 32.2. The van der Waals surface area contributed by atoms with E-state index in [2.05, 4.69) is 22.2 Å². The van der Waals surface area contributed by atoms with E-state index < -0.39 is 0 Å². The van der Waals surface area contributed by atoms with Gasteiger partial charge in [-0.05, 0) is 43.0 Å². The topological polar surface area (TPSA) is 76.9 Å². The summed E-state index contributed by atoms with van der Waals surface area (Å²) in [5, 5.41) is 4.09. The summed E-state index contributed by atoms with van der Waals surface area (Å²) >= 11 is 1.27. The largest absolute Gasteiger partial charge is 0.352 e. The van der Waals surface area contributed by atoms with E-state index in [1.165, 1.54) is 18.2 Å². The molecule has 1 aliphatic carbocycles. The van der Waals surface area contributed by atoms with Crippen molar-refractivity contribution >= 4 is 28.7 Å². The van der Waals surface area contributed by atoms with Crippen LogP contribution in [0.3, 0.4) is 0 Å². The molecule has 1 aliphatic rings. The summed E-state index contributed by atoms with van der Waals surface area (Å²) in [6.45, 7) is 2.20. The molecule has 0 unspecified atom stereocenters. The van der Waals surface area contributed by atoms with Crippen LogP contribution in [0.25, 0.3) is 16.7 Å². The average Bonchev–Trinajstić information content (AvgIpc) is 2.75. The number of rotatable bonds is 5. The van der Waals surface area contributed by atoms with Crippen LogP contribution in [0.4, 0.5) is 0 Å². The van der Waals surface area contributed by atoms with Crippen LogP contribution < -0.4 is 10.9 Å². The normalized spacial score (nSPS) is 19.2. The Labute approximate surface area is 173 Å². The zero-order chi connectivity index (χ0) is 20.2.